The van der Waals surface area contributed by atoms with E-state index in [1.165, 1.54) is 45.2 Å². The molecule has 1 N–H and O–H groups in total. The van der Waals surface area contributed by atoms with Crippen LogP contribution in [0.15, 0.2) is 0 Å². The second-order valence-corrected chi connectivity index (χ2v) is 5.61. The lowest BCUT2D eigenvalue weighted by molar-refractivity contribution is 0.0661. The molecule has 1 aliphatic carbocycles. The van der Waals surface area contributed by atoms with Crippen LogP contribution >= 0.6 is 11.6 Å². The minimum Gasteiger partial charge on any atom is -0.381 e. The average Bonchev–Trinajstić information content (AvgIpc) is 2.66. The van der Waals surface area contributed by atoms with Gasteiger partial charge in [0.15, 0.2) is 0 Å². The lowest BCUT2D eigenvalue weighted by Crippen LogP contribution is -2.30. The molecule has 15 heavy (non-hydrogen) atoms. The third-order valence-electron chi connectivity index (χ3n) is 3.68. The summed E-state index contributed by atoms with van der Waals surface area (Å²) in [6, 6.07) is 0. The summed E-state index contributed by atoms with van der Waals surface area (Å²) in [6.45, 7) is 4.26. The first-order valence-electron chi connectivity index (χ1n) is 6.27. The summed E-state index contributed by atoms with van der Waals surface area (Å²) in [5.41, 5.74) is 0. The Kier molecular flexibility index (Phi) is 4.73. The Morgan fingerprint density at radius 2 is 1.73 bits per heavy atom. The highest BCUT2D eigenvalue weighted by atomic mass is 35.5. The molecule has 2 fully saturated rings. The maximum atomic E-state index is 6.09. The quantitative estimate of drug-likeness (QED) is 0.751. The number of hydrogen-bond donors (Lipinski definition) is 1. The number of hydrogen-bond acceptors (Lipinski definition) is 2. The first kappa shape index (κ1) is 11.7. The van der Waals surface area contributed by atoms with Crippen molar-refractivity contribution in [1.82, 2.24) is 5.32 Å². The number of rotatable bonds is 4. The summed E-state index contributed by atoms with van der Waals surface area (Å²) in [5, 5.41) is 4.05. The number of nitrogens with one attached hydrogen (secondary N) is 1. The molecule has 0 aromatic carbocycles. The first-order chi connectivity index (χ1) is 7.34. The molecule has 1 heterocycles. The SMILES string of the molecule is ClC1CCC(CNCC2CCOCC2)C1. The van der Waals surface area contributed by atoms with Gasteiger partial charge < -0.3 is 10.1 Å². The fourth-order valence-electron chi connectivity index (χ4n) is 2.64. The van der Waals surface area contributed by atoms with Crippen molar-refractivity contribution in [3.05, 3.63) is 0 Å². The van der Waals surface area contributed by atoms with Gasteiger partial charge in [0, 0.05) is 18.6 Å². The van der Waals surface area contributed by atoms with E-state index in [0.29, 0.717) is 5.38 Å². The van der Waals surface area contributed by atoms with E-state index in [2.05, 4.69) is 5.32 Å². The van der Waals surface area contributed by atoms with E-state index in [0.717, 1.165) is 25.0 Å². The third-order valence-corrected chi connectivity index (χ3v) is 4.08. The van der Waals surface area contributed by atoms with Gasteiger partial charge in [-0.25, -0.2) is 0 Å². The van der Waals surface area contributed by atoms with Gasteiger partial charge in [0.2, 0.25) is 0 Å². The zero-order valence-electron chi connectivity index (χ0n) is 9.38. The van der Waals surface area contributed by atoms with Gasteiger partial charge in [-0.15, -0.1) is 11.6 Å². The fraction of sp³-hybridized carbons (Fsp3) is 1.00. The lowest BCUT2D eigenvalue weighted by Gasteiger charge is -2.23. The highest BCUT2D eigenvalue weighted by Crippen LogP contribution is 2.28. The number of ether oxygens (including phenoxy) is 1. The number of alkyl halides is 1. The zero-order chi connectivity index (χ0) is 10.5. The van der Waals surface area contributed by atoms with E-state index < -0.39 is 0 Å². The van der Waals surface area contributed by atoms with E-state index in [-0.39, 0.29) is 0 Å². The van der Waals surface area contributed by atoms with Gasteiger partial charge in [0.1, 0.15) is 0 Å². The summed E-state index contributed by atoms with van der Waals surface area (Å²) >= 11 is 6.09. The highest BCUT2D eigenvalue weighted by molar-refractivity contribution is 6.20. The molecule has 1 saturated carbocycles. The largest absolute Gasteiger partial charge is 0.381 e. The Balaban J connectivity index is 1.54. The van der Waals surface area contributed by atoms with Gasteiger partial charge in [0.25, 0.3) is 0 Å². The average molecular weight is 232 g/mol. The van der Waals surface area contributed by atoms with Gasteiger partial charge in [-0.1, -0.05) is 0 Å². The van der Waals surface area contributed by atoms with Crippen LogP contribution in [0.5, 0.6) is 0 Å². The lowest BCUT2D eigenvalue weighted by atomic mass is 10.00. The normalized spacial score (nSPS) is 33.4. The van der Waals surface area contributed by atoms with E-state index in [4.69, 9.17) is 16.3 Å². The Morgan fingerprint density at radius 3 is 2.40 bits per heavy atom. The van der Waals surface area contributed by atoms with E-state index in [9.17, 15) is 0 Å². The van der Waals surface area contributed by atoms with Crippen LogP contribution in [-0.4, -0.2) is 31.7 Å². The second kappa shape index (κ2) is 6.07. The van der Waals surface area contributed by atoms with Gasteiger partial charge in [-0.05, 0) is 57.0 Å². The first-order valence-corrected chi connectivity index (χ1v) is 6.71. The third kappa shape index (κ3) is 3.93. The molecular weight excluding hydrogens is 210 g/mol. The maximum Gasteiger partial charge on any atom is 0.0469 e. The Hall–Kier alpha value is 0.210. The molecule has 2 unspecified atom stereocenters. The van der Waals surface area contributed by atoms with Crippen LogP contribution in [0.4, 0.5) is 0 Å². The highest BCUT2D eigenvalue weighted by Gasteiger charge is 2.22. The molecule has 0 amide bonds. The predicted molar refractivity (Wildman–Crippen MR) is 63.4 cm³/mol. The van der Waals surface area contributed by atoms with Gasteiger partial charge in [-0.3, -0.25) is 0 Å². The Morgan fingerprint density at radius 1 is 1.00 bits per heavy atom. The molecule has 3 heteroatoms. The van der Waals surface area contributed by atoms with Gasteiger partial charge >= 0.3 is 0 Å². The van der Waals surface area contributed by atoms with E-state index >= 15 is 0 Å². The van der Waals surface area contributed by atoms with Crippen molar-refractivity contribution in [2.75, 3.05) is 26.3 Å². The van der Waals surface area contributed by atoms with Crippen LogP contribution < -0.4 is 5.32 Å². The molecule has 88 valence electrons. The van der Waals surface area contributed by atoms with Crippen LogP contribution in [0, 0.1) is 11.8 Å². The summed E-state index contributed by atoms with van der Waals surface area (Å²) in [5.74, 6) is 1.67. The Labute approximate surface area is 97.7 Å². The van der Waals surface area contributed by atoms with Crippen molar-refractivity contribution < 1.29 is 4.74 Å². The topological polar surface area (TPSA) is 21.3 Å². The number of halogens is 1. The summed E-state index contributed by atoms with van der Waals surface area (Å²) in [6.07, 6.45) is 6.20. The summed E-state index contributed by atoms with van der Waals surface area (Å²) < 4.78 is 5.35. The molecule has 2 aliphatic rings. The van der Waals surface area contributed by atoms with Crippen molar-refractivity contribution in [2.24, 2.45) is 11.8 Å². The van der Waals surface area contributed by atoms with Crippen LogP contribution in [-0.2, 0) is 4.74 Å². The molecule has 0 aromatic heterocycles. The van der Waals surface area contributed by atoms with Crippen molar-refractivity contribution in [1.29, 1.82) is 0 Å². The minimum absolute atomic E-state index is 0.444. The monoisotopic (exact) mass is 231 g/mol. The van der Waals surface area contributed by atoms with Crippen LogP contribution in [0.3, 0.4) is 0 Å². The molecule has 0 aromatic rings. The molecule has 2 nitrogen and oxygen atoms in total. The van der Waals surface area contributed by atoms with Crippen LogP contribution in [0.25, 0.3) is 0 Å². The van der Waals surface area contributed by atoms with E-state index in [1.807, 2.05) is 0 Å². The standard InChI is InChI=1S/C12H22ClNO/c13-12-2-1-11(7-12)9-14-8-10-3-5-15-6-4-10/h10-12,14H,1-9H2. The van der Waals surface area contributed by atoms with Crippen LogP contribution in [0.2, 0.25) is 0 Å². The zero-order valence-corrected chi connectivity index (χ0v) is 10.1. The van der Waals surface area contributed by atoms with Crippen molar-refractivity contribution in [2.45, 2.75) is 37.5 Å². The van der Waals surface area contributed by atoms with Crippen LogP contribution in [0.1, 0.15) is 32.1 Å². The molecule has 0 spiro atoms. The predicted octanol–water partition coefficient (Wildman–Crippen LogP) is 2.41. The van der Waals surface area contributed by atoms with Crippen molar-refractivity contribution in [3.63, 3.8) is 0 Å². The summed E-state index contributed by atoms with van der Waals surface area (Å²) in [7, 11) is 0. The van der Waals surface area contributed by atoms with Gasteiger partial charge in [-0.2, -0.15) is 0 Å². The van der Waals surface area contributed by atoms with Gasteiger partial charge in [0.05, 0.1) is 0 Å². The molecule has 2 rings (SSSR count). The van der Waals surface area contributed by atoms with Crippen molar-refractivity contribution in [3.8, 4) is 0 Å². The molecular formula is C12H22ClNO. The molecule has 0 bridgehead atoms. The molecule has 2 atom stereocenters. The summed E-state index contributed by atoms with van der Waals surface area (Å²) in [4.78, 5) is 0. The molecule has 1 aliphatic heterocycles. The fourth-order valence-corrected chi connectivity index (χ4v) is 3.02. The van der Waals surface area contributed by atoms with E-state index in [1.54, 1.807) is 0 Å². The molecule has 0 radical (unpaired) electrons. The second-order valence-electron chi connectivity index (χ2n) is 4.99. The maximum absolute atomic E-state index is 6.09. The van der Waals surface area contributed by atoms with Crippen molar-refractivity contribution >= 4 is 11.6 Å². The Bertz CT molecular complexity index is 178. The minimum atomic E-state index is 0.444. The smallest absolute Gasteiger partial charge is 0.0469 e. The molecule has 1 saturated heterocycles.